The maximum Gasteiger partial charge on any atom is 0.319 e. The van der Waals surface area contributed by atoms with Gasteiger partial charge in [-0.2, -0.15) is 17.6 Å². The van der Waals surface area contributed by atoms with Crippen molar-refractivity contribution >= 4 is 0 Å². The van der Waals surface area contributed by atoms with Gasteiger partial charge in [-0.05, 0) is 6.92 Å². The van der Waals surface area contributed by atoms with Crippen LogP contribution in [0.1, 0.15) is 0 Å². The molecule has 47 valence electrons. The van der Waals surface area contributed by atoms with Crippen molar-refractivity contribution in [3.05, 3.63) is 6.92 Å². The van der Waals surface area contributed by atoms with Crippen molar-refractivity contribution < 1.29 is 17.6 Å². The Bertz CT molecular complexity index is 103. The summed E-state index contributed by atoms with van der Waals surface area (Å²) >= 11 is 0. The van der Waals surface area contributed by atoms with Gasteiger partial charge < -0.3 is 0 Å². The molecule has 0 atom stereocenters. The first kappa shape index (κ1) is 5.85. The lowest BCUT2D eigenvalue weighted by molar-refractivity contribution is -0.0278. The lowest BCUT2D eigenvalue weighted by Crippen LogP contribution is -2.02. The van der Waals surface area contributed by atoms with Crippen molar-refractivity contribution in [2.75, 3.05) is 0 Å². The minimum absolute atomic E-state index is 2.00. The Morgan fingerprint density at radius 1 is 1.00 bits per heavy atom. The summed E-state index contributed by atoms with van der Waals surface area (Å²) in [5.74, 6) is -9.69. The molecular weight excluding hydrogens is 124 g/mol. The zero-order chi connectivity index (χ0) is 6.58. The van der Waals surface area contributed by atoms with Gasteiger partial charge in [0, 0.05) is 0 Å². The fourth-order valence-electron chi connectivity index (χ4n) is 0.405. The third-order valence-corrected chi connectivity index (χ3v) is 1.24. The molecule has 0 heterocycles. The van der Waals surface area contributed by atoms with Crippen LogP contribution >= 0.6 is 0 Å². The maximum absolute atomic E-state index is 11.5. The van der Waals surface area contributed by atoms with Gasteiger partial charge in [0.1, 0.15) is 0 Å². The molecule has 0 spiro atoms. The molecule has 1 rings (SSSR count). The summed E-state index contributed by atoms with van der Waals surface area (Å²) in [6, 6.07) is 0. The number of hydrogen-bond acceptors (Lipinski definition) is 0. The molecule has 1 radical (unpaired) electrons. The van der Waals surface area contributed by atoms with Crippen LogP contribution in [0.15, 0.2) is 0 Å². The quantitative estimate of drug-likeness (QED) is 0.434. The molecule has 0 aliphatic heterocycles. The minimum Gasteiger partial charge on any atom is -0.199 e. The predicted molar refractivity (Wildman–Crippen MR) is 18.7 cm³/mol. The van der Waals surface area contributed by atoms with E-state index in [0.717, 1.165) is 0 Å². The summed E-state index contributed by atoms with van der Waals surface area (Å²) < 4.78 is 46.0. The molecule has 1 fully saturated rings. The van der Waals surface area contributed by atoms with E-state index in [1.165, 1.54) is 0 Å². The van der Waals surface area contributed by atoms with E-state index in [1.54, 1.807) is 0 Å². The molecule has 1 saturated carbocycles. The molecule has 8 heavy (non-hydrogen) atoms. The molecule has 1 aliphatic rings. The van der Waals surface area contributed by atoms with E-state index in [-0.39, 0.29) is 0 Å². The molecular formula is C4H3F4. The maximum atomic E-state index is 11.5. The molecule has 0 unspecified atom stereocenters. The summed E-state index contributed by atoms with van der Waals surface area (Å²) in [5, 5.41) is 0. The van der Waals surface area contributed by atoms with Crippen LogP contribution in [0.5, 0.6) is 0 Å². The van der Waals surface area contributed by atoms with Crippen molar-refractivity contribution in [3.63, 3.8) is 0 Å². The topological polar surface area (TPSA) is 0 Å². The van der Waals surface area contributed by atoms with Gasteiger partial charge in [-0.25, -0.2) is 0 Å². The van der Waals surface area contributed by atoms with Crippen molar-refractivity contribution in [3.8, 4) is 0 Å². The zero-order valence-electron chi connectivity index (χ0n) is 3.80. The van der Waals surface area contributed by atoms with Crippen LogP contribution in [-0.2, 0) is 0 Å². The summed E-state index contributed by atoms with van der Waals surface area (Å²) in [5.41, 5.74) is 0. The smallest absolute Gasteiger partial charge is 0.199 e. The van der Waals surface area contributed by atoms with Gasteiger partial charge >= 0.3 is 11.8 Å². The summed E-state index contributed by atoms with van der Waals surface area (Å²) in [6.45, 7) is 2.56. The van der Waals surface area contributed by atoms with E-state index in [4.69, 9.17) is 0 Å². The Labute approximate surface area is 43.5 Å². The van der Waals surface area contributed by atoms with E-state index >= 15 is 0 Å². The number of alkyl halides is 4. The van der Waals surface area contributed by atoms with Gasteiger partial charge in [0.15, 0.2) is 0 Å². The zero-order valence-corrected chi connectivity index (χ0v) is 3.80. The van der Waals surface area contributed by atoms with Gasteiger partial charge in [-0.15, -0.1) is 0 Å². The molecule has 0 nitrogen and oxygen atoms in total. The number of halogens is 4. The lowest BCUT2D eigenvalue weighted by atomic mass is 10.5. The summed E-state index contributed by atoms with van der Waals surface area (Å²) in [7, 11) is 0. The molecule has 0 aromatic carbocycles. The van der Waals surface area contributed by atoms with E-state index in [9.17, 15) is 17.6 Å². The van der Waals surface area contributed by atoms with E-state index in [1.807, 2.05) is 0 Å². The van der Waals surface area contributed by atoms with Crippen LogP contribution in [0.25, 0.3) is 0 Å². The van der Waals surface area contributed by atoms with Gasteiger partial charge in [-0.1, -0.05) is 0 Å². The van der Waals surface area contributed by atoms with Crippen molar-refractivity contribution in [2.45, 2.75) is 11.8 Å². The standard InChI is InChI=1S/C4H3F4/c1-2-3(5,6)4(2,7)8/h2H,1H2. The van der Waals surface area contributed by atoms with E-state index < -0.39 is 17.8 Å². The first-order chi connectivity index (χ1) is 3.40. The fourth-order valence-corrected chi connectivity index (χ4v) is 0.405. The van der Waals surface area contributed by atoms with Crippen LogP contribution in [0, 0.1) is 12.8 Å². The van der Waals surface area contributed by atoms with Crippen LogP contribution in [0.4, 0.5) is 17.6 Å². The Morgan fingerprint density at radius 3 is 1.12 bits per heavy atom. The molecule has 0 aromatic heterocycles. The van der Waals surface area contributed by atoms with Gasteiger partial charge in [0.2, 0.25) is 0 Å². The van der Waals surface area contributed by atoms with Gasteiger partial charge in [-0.3, -0.25) is 0 Å². The summed E-state index contributed by atoms with van der Waals surface area (Å²) in [4.78, 5) is 0. The SMILES string of the molecule is [CH2]C1C(F)(F)C1(F)F. The second kappa shape index (κ2) is 1.01. The third kappa shape index (κ3) is 0.364. The molecule has 4 heteroatoms. The van der Waals surface area contributed by atoms with Crippen molar-refractivity contribution in [1.29, 1.82) is 0 Å². The molecule has 1 aliphatic carbocycles. The largest absolute Gasteiger partial charge is 0.319 e. The van der Waals surface area contributed by atoms with Crippen LogP contribution < -0.4 is 0 Å². The monoisotopic (exact) mass is 127 g/mol. The average Bonchev–Trinajstić information content (AvgIpc) is 1.88. The Balaban J connectivity index is 2.72. The second-order valence-corrected chi connectivity index (χ2v) is 1.80. The first-order valence-corrected chi connectivity index (χ1v) is 1.99. The normalized spacial score (nSPS) is 32.6. The lowest BCUT2D eigenvalue weighted by Gasteiger charge is -1.87. The molecule has 0 amide bonds. The Morgan fingerprint density at radius 2 is 1.12 bits per heavy atom. The van der Waals surface area contributed by atoms with Crippen molar-refractivity contribution in [1.82, 2.24) is 0 Å². The Kier molecular flexibility index (Phi) is 0.742. The number of hydrogen-bond donors (Lipinski definition) is 0. The van der Waals surface area contributed by atoms with E-state index in [2.05, 4.69) is 6.92 Å². The highest BCUT2D eigenvalue weighted by atomic mass is 19.3. The van der Waals surface area contributed by atoms with Crippen LogP contribution in [-0.4, -0.2) is 11.8 Å². The molecule has 0 bridgehead atoms. The molecule has 0 saturated heterocycles. The Hall–Kier alpha value is -0.280. The molecule has 0 aromatic rings. The average molecular weight is 127 g/mol. The fraction of sp³-hybridized carbons (Fsp3) is 0.750. The highest BCUT2D eigenvalue weighted by Crippen LogP contribution is 2.61. The predicted octanol–water partition coefficient (Wildman–Crippen LogP) is 1.72. The van der Waals surface area contributed by atoms with Gasteiger partial charge in [0.25, 0.3) is 0 Å². The minimum atomic E-state index is -3.84. The van der Waals surface area contributed by atoms with E-state index in [0.29, 0.717) is 0 Å². The molecule has 0 N–H and O–H groups in total. The number of rotatable bonds is 0. The first-order valence-electron chi connectivity index (χ1n) is 1.99. The second-order valence-electron chi connectivity index (χ2n) is 1.80. The third-order valence-electron chi connectivity index (χ3n) is 1.24. The van der Waals surface area contributed by atoms with Crippen molar-refractivity contribution in [2.24, 2.45) is 5.92 Å². The highest BCUT2D eigenvalue weighted by molar-refractivity contribution is 5.14. The highest BCUT2D eigenvalue weighted by Gasteiger charge is 2.83. The van der Waals surface area contributed by atoms with Crippen LogP contribution in [0.2, 0.25) is 0 Å². The van der Waals surface area contributed by atoms with Crippen LogP contribution in [0.3, 0.4) is 0 Å². The van der Waals surface area contributed by atoms with Gasteiger partial charge in [0.05, 0.1) is 5.92 Å². The summed E-state index contributed by atoms with van der Waals surface area (Å²) in [6.07, 6.45) is 0.